The third kappa shape index (κ3) is 2.92. The van der Waals surface area contributed by atoms with Crippen LogP contribution in [-0.4, -0.2) is 32.1 Å². The van der Waals surface area contributed by atoms with Gasteiger partial charge in [0.1, 0.15) is 23.5 Å². The average molecular weight is 263 g/mol. The minimum Gasteiger partial charge on any atom is -0.487 e. The molecule has 1 aromatic carbocycles. The van der Waals surface area contributed by atoms with E-state index >= 15 is 0 Å². The summed E-state index contributed by atoms with van der Waals surface area (Å²) in [5.41, 5.74) is 5.59. The Bertz CT molecular complexity index is 512. The molecule has 1 saturated heterocycles. The maximum atomic E-state index is 12.9. The van der Waals surface area contributed by atoms with E-state index in [1.165, 1.54) is 0 Å². The van der Waals surface area contributed by atoms with Crippen molar-refractivity contribution in [3.63, 3.8) is 0 Å². The standard InChI is InChI=1S/C10H11F2NO3S/c11-6-1-7(12)3-8(2-6)16-10-5-17(14,15)4-9(10)13/h1-3,9-10H,4-5,13H2. The van der Waals surface area contributed by atoms with Crippen LogP contribution in [0.25, 0.3) is 0 Å². The molecule has 0 bridgehead atoms. The molecule has 7 heteroatoms. The molecule has 94 valence electrons. The first-order valence-electron chi connectivity index (χ1n) is 4.94. The minimum atomic E-state index is -3.22. The zero-order valence-corrected chi connectivity index (χ0v) is 9.58. The van der Waals surface area contributed by atoms with Crippen molar-refractivity contribution < 1.29 is 21.9 Å². The number of hydrogen-bond donors (Lipinski definition) is 1. The summed E-state index contributed by atoms with van der Waals surface area (Å²) in [7, 11) is -3.22. The second-order valence-electron chi connectivity index (χ2n) is 4.00. The molecular weight excluding hydrogens is 252 g/mol. The smallest absolute Gasteiger partial charge is 0.155 e. The van der Waals surface area contributed by atoms with Gasteiger partial charge in [0, 0.05) is 18.2 Å². The zero-order chi connectivity index (χ0) is 12.6. The fourth-order valence-electron chi connectivity index (χ4n) is 1.74. The van der Waals surface area contributed by atoms with E-state index in [1.54, 1.807) is 0 Å². The molecular formula is C10H11F2NO3S. The first-order chi connectivity index (χ1) is 7.85. The molecule has 2 N–H and O–H groups in total. The highest BCUT2D eigenvalue weighted by atomic mass is 32.2. The highest BCUT2D eigenvalue weighted by Crippen LogP contribution is 2.21. The lowest BCUT2D eigenvalue weighted by atomic mass is 10.2. The van der Waals surface area contributed by atoms with E-state index in [0.29, 0.717) is 6.07 Å². The number of rotatable bonds is 2. The van der Waals surface area contributed by atoms with Crippen LogP contribution < -0.4 is 10.5 Å². The Labute approximate surface area is 97.3 Å². The molecule has 2 atom stereocenters. The van der Waals surface area contributed by atoms with Crippen molar-refractivity contribution in [3.05, 3.63) is 29.8 Å². The van der Waals surface area contributed by atoms with Crippen molar-refractivity contribution in [1.82, 2.24) is 0 Å². The topological polar surface area (TPSA) is 69.4 Å². The summed E-state index contributed by atoms with van der Waals surface area (Å²) in [6.45, 7) is 0. The molecule has 2 rings (SSSR count). The molecule has 0 spiro atoms. The van der Waals surface area contributed by atoms with Crippen LogP contribution in [0.15, 0.2) is 18.2 Å². The van der Waals surface area contributed by atoms with Gasteiger partial charge in [0.05, 0.1) is 17.5 Å². The van der Waals surface area contributed by atoms with Gasteiger partial charge in [-0.3, -0.25) is 0 Å². The van der Waals surface area contributed by atoms with Gasteiger partial charge in [-0.1, -0.05) is 0 Å². The van der Waals surface area contributed by atoms with Crippen LogP contribution in [-0.2, 0) is 9.84 Å². The van der Waals surface area contributed by atoms with Crippen LogP contribution in [0, 0.1) is 11.6 Å². The van der Waals surface area contributed by atoms with Gasteiger partial charge >= 0.3 is 0 Å². The van der Waals surface area contributed by atoms with Crippen LogP contribution in [0.2, 0.25) is 0 Å². The number of sulfone groups is 1. The molecule has 1 aromatic rings. The molecule has 0 saturated carbocycles. The van der Waals surface area contributed by atoms with E-state index in [9.17, 15) is 17.2 Å². The fraction of sp³-hybridized carbons (Fsp3) is 0.400. The molecule has 17 heavy (non-hydrogen) atoms. The summed E-state index contributed by atoms with van der Waals surface area (Å²) in [6, 6.07) is 2.01. The third-order valence-corrected chi connectivity index (χ3v) is 4.19. The second kappa shape index (κ2) is 4.23. The van der Waals surface area contributed by atoms with E-state index in [0.717, 1.165) is 12.1 Å². The van der Waals surface area contributed by atoms with Crippen LogP contribution in [0.3, 0.4) is 0 Å². The Kier molecular flexibility index (Phi) is 3.05. The Balaban J connectivity index is 2.16. The van der Waals surface area contributed by atoms with E-state index in [1.807, 2.05) is 0 Å². The fourth-order valence-corrected chi connectivity index (χ4v) is 3.49. The quantitative estimate of drug-likeness (QED) is 0.842. The van der Waals surface area contributed by atoms with Gasteiger partial charge in [-0.05, 0) is 0 Å². The highest BCUT2D eigenvalue weighted by molar-refractivity contribution is 7.91. The lowest BCUT2D eigenvalue weighted by Gasteiger charge is -2.16. The average Bonchev–Trinajstić information content (AvgIpc) is 2.37. The monoisotopic (exact) mass is 263 g/mol. The minimum absolute atomic E-state index is 0.0555. The normalized spacial score (nSPS) is 27.0. The van der Waals surface area contributed by atoms with Crippen molar-refractivity contribution in [2.75, 3.05) is 11.5 Å². The largest absolute Gasteiger partial charge is 0.487 e. The lowest BCUT2D eigenvalue weighted by Crippen LogP contribution is -2.37. The number of benzene rings is 1. The molecule has 0 amide bonds. The first-order valence-corrected chi connectivity index (χ1v) is 6.77. The number of nitrogens with two attached hydrogens (primary N) is 1. The SMILES string of the molecule is NC1CS(=O)(=O)CC1Oc1cc(F)cc(F)c1. The van der Waals surface area contributed by atoms with Crippen LogP contribution in [0.5, 0.6) is 5.75 Å². The summed E-state index contributed by atoms with van der Waals surface area (Å²) < 4.78 is 53.5. The summed E-state index contributed by atoms with van der Waals surface area (Å²) in [6.07, 6.45) is -0.763. The van der Waals surface area contributed by atoms with Crippen molar-refractivity contribution in [2.45, 2.75) is 12.1 Å². The van der Waals surface area contributed by atoms with Crippen molar-refractivity contribution >= 4 is 9.84 Å². The summed E-state index contributed by atoms with van der Waals surface area (Å²) >= 11 is 0. The maximum Gasteiger partial charge on any atom is 0.155 e. The van der Waals surface area contributed by atoms with Gasteiger partial charge in [0.25, 0.3) is 0 Å². The Hall–Kier alpha value is -1.21. The number of hydrogen-bond acceptors (Lipinski definition) is 4. The Morgan fingerprint density at radius 3 is 2.24 bits per heavy atom. The second-order valence-corrected chi connectivity index (χ2v) is 6.16. The third-order valence-electron chi connectivity index (χ3n) is 2.47. The lowest BCUT2D eigenvalue weighted by molar-refractivity contribution is 0.207. The van der Waals surface area contributed by atoms with E-state index in [4.69, 9.17) is 10.5 Å². The zero-order valence-electron chi connectivity index (χ0n) is 8.77. The van der Waals surface area contributed by atoms with Gasteiger partial charge < -0.3 is 10.5 Å². The molecule has 1 fully saturated rings. The van der Waals surface area contributed by atoms with Crippen LogP contribution in [0.1, 0.15) is 0 Å². The molecule has 1 aliphatic rings. The van der Waals surface area contributed by atoms with Crippen molar-refractivity contribution in [2.24, 2.45) is 5.73 Å². The van der Waals surface area contributed by atoms with Crippen molar-refractivity contribution in [1.29, 1.82) is 0 Å². The molecule has 1 aliphatic heterocycles. The molecule has 0 aliphatic carbocycles. The van der Waals surface area contributed by atoms with Crippen LogP contribution >= 0.6 is 0 Å². The molecule has 0 radical (unpaired) electrons. The summed E-state index contributed by atoms with van der Waals surface area (Å²) in [5, 5.41) is 0. The van der Waals surface area contributed by atoms with Gasteiger partial charge in [-0.15, -0.1) is 0 Å². The Morgan fingerprint density at radius 1 is 1.18 bits per heavy atom. The number of ether oxygens (including phenoxy) is 1. The summed E-state index contributed by atoms with van der Waals surface area (Å²) in [4.78, 5) is 0. The van der Waals surface area contributed by atoms with E-state index in [-0.39, 0.29) is 17.3 Å². The molecule has 0 aromatic heterocycles. The van der Waals surface area contributed by atoms with Gasteiger partial charge in [0.2, 0.25) is 0 Å². The Morgan fingerprint density at radius 2 is 1.76 bits per heavy atom. The molecule has 2 unspecified atom stereocenters. The van der Waals surface area contributed by atoms with Gasteiger partial charge in [-0.25, -0.2) is 17.2 Å². The van der Waals surface area contributed by atoms with Gasteiger partial charge in [0.15, 0.2) is 9.84 Å². The maximum absolute atomic E-state index is 12.9. The van der Waals surface area contributed by atoms with Gasteiger partial charge in [-0.2, -0.15) is 0 Å². The van der Waals surface area contributed by atoms with E-state index in [2.05, 4.69) is 0 Å². The van der Waals surface area contributed by atoms with E-state index < -0.39 is 33.6 Å². The highest BCUT2D eigenvalue weighted by Gasteiger charge is 2.37. The predicted octanol–water partition coefficient (Wildman–Crippen LogP) is 0.468. The van der Waals surface area contributed by atoms with Crippen molar-refractivity contribution in [3.8, 4) is 5.75 Å². The van der Waals surface area contributed by atoms with Crippen LogP contribution in [0.4, 0.5) is 8.78 Å². The molecule has 4 nitrogen and oxygen atoms in total. The predicted molar refractivity (Wildman–Crippen MR) is 57.4 cm³/mol. The molecule has 1 heterocycles. The number of halogens is 2. The first kappa shape index (κ1) is 12.3. The summed E-state index contributed by atoms with van der Waals surface area (Å²) in [5.74, 6) is -2.02.